The molecule has 0 saturated carbocycles. The van der Waals surface area contributed by atoms with Gasteiger partial charge in [0.25, 0.3) is 0 Å². The third kappa shape index (κ3) is 3.47. The molecule has 0 amide bonds. The normalized spacial score (nSPS) is 11.4. The highest BCUT2D eigenvalue weighted by molar-refractivity contribution is 7.89. The molecule has 0 atom stereocenters. The Hall–Kier alpha value is -1.64. The molecule has 0 unspecified atom stereocenters. The van der Waals surface area contributed by atoms with E-state index in [2.05, 4.69) is 9.71 Å². The van der Waals surface area contributed by atoms with Crippen LogP contribution < -0.4 is 15.2 Å². The number of sulfonamides is 1. The van der Waals surface area contributed by atoms with Crippen LogP contribution in [-0.2, 0) is 16.6 Å². The van der Waals surface area contributed by atoms with Gasteiger partial charge in [-0.3, -0.25) is 4.98 Å². The van der Waals surface area contributed by atoms with E-state index in [9.17, 15) is 8.42 Å². The number of anilines is 1. The number of hydrogen-bond donors (Lipinski definition) is 2. The Balaban J connectivity index is 2.26. The molecule has 3 N–H and O–H groups in total. The van der Waals surface area contributed by atoms with Crippen LogP contribution in [-0.4, -0.2) is 20.0 Å². The molecule has 0 radical (unpaired) electrons. The topological polar surface area (TPSA) is 94.3 Å². The van der Waals surface area contributed by atoms with Gasteiger partial charge in [0, 0.05) is 23.3 Å². The summed E-state index contributed by atoms with van der Waals surface area (Å²) >= 11 is 1.38. The van der Waals surface area contributed by atoms with Crippen LogP contribution in [0.1, 0.15) is 11.8 Å². The average Bonchev–Trinajstić information content (AvgIpc) is 2.92. The van der Waals surface area contributed by atoms with Gasteiger partial charge in [0.05, 0.1) is 12.1 Å². The van der Waals surface area contributed by atoms with Crippen molar-refractivity contribution in [3.05, 3.63) is 34.8 Å². The molecule has 0 bridgehead atoms. The summed E-state index contributed by atoms with van der Waals surface area (Å²) in [6, 6.07) is 4.55. The Bertz CT molecular complexity index is 669. The van der Waals surface area contributed by atoms with Crippen molar-refractivity contribution in [1.29, 1.82) is 0 Å². The number of aromatic nitrogens is 1. The number of hydrogen-bond acceptors (Lipinski definition) is 6. The quantitative estimate of drug-likeness (QED) is 0.790. The summed E-state index contributed by atoms with van der Waals surface area (Å²) in [7, 11) is -3.69. The van der Waals surface area contributed by atoms with Gasteiger partial charge >= 0.3 is 0 Å². The summed E-state index contributed by atoms with van der Waals surface area (Å²) in [6.45, 7) is 2.35. The Kier molecular flexibility index (Phi) is 4.58. The van der Waals surface area contributed by atoms with E-state index in [-0.39, 0.29) is 11.4 Å². The highest BCUT2D eigenvalue weighted by Gasteiger charge is 2.20. The predicted molar refractivity (Wildman–Crippen MR) is 78.2 cm³/mol. The van der Waals surface area contributed by atoms with Crippen LogP contribution in [0.15, 0.2) is 34.8 Å². The van der Waals surface area contributed by atoms with Crippen LogP contribution in [0, 0.1) is 0 Å². The fourth-order valence-corrected chi connectivity index (χ4v) is 3.39. The summed E-state index contributed by atoms with van der Waals surface area (Å²) in [5.41, 5.74) is 7.67. The maximum atomic E-state index is 12.3. The van der Waals surface area contributed by atoms with E-state index >= 15 is 0 Å². The minimum atomic E-state index is -3.69. The molecule has 0 aliphatic heterocycles. The fourth-order valence-electron chi connectivity index (χ4n) is 1.58. The van der Waals surface area contributed by atoms with Crippen molar-refractivity contribution in [1.82, 2.24) is 9.71 Å². The Morgan fingerprint density at radius 3 is 2.90 bits per heavy atom. The standard InChI is InChI=1S/C12H15N3O3S2/c1-2-18-11-4-3-9(13)5-12(11)20(16,17)15-7-10-6-14-8-19-10/h3-6,8,15H,2,7,13H2,1H3. The minimum absolute atomic E-state index is 0.0452. The number of nitrogen functional groups attached to an aromatic ring is 1. The second-order valence-electron chi connectivity index (χ2n) is 3.93. The van der Waals surface area contributed by atoms with Crippen LogP contribution in [0.2, 0.25) is 0 Å². The van der Waals surface area contributed by atoms with Gasteiger partial charge in [0.15, 0.2) is 0 Å². The van der Waals surface area contributed by atoms with Crippen molar-refractivity contribution in [3.63, 3.8) is 0 Å². The van der Waals surface area contributed by atoms with Crippen LogP contribution in [0.5, 0.6) is 5.75 Å². The van der Waals surface area contributed by atoms with Crippen molar-refractivity contribution in [2.45, 2.75) is 18.4 Å². The number of nitrogens with one attached hydrogen (secondary N) is 1. The van der Waals surface area contributed by atoms with Gasteiger partial charge in [-0.1, -0.05) is 0 Å². The summed E-state index contributed by atoms with van der Waals surface area (Å²) in [4.78, 5) is 4.77. The van der Waals surface area contributed by atoms with Gasteiger partial charge in [-0.25, -0.2) is 13.1 Å². The molecule has 1 aromatic carbocycles. The zero-order valence-corrected chi connectivity index (χ0v) is 12.5. The Morgan fingerprint density at radius 2 is 2.25 bits per heavy atom. The summed E-state index contributed by atoms with van der Waals surface area (Å²) in [5.74, 6) is 0.290. The lowest BCUT2D eigenvalue weighted by Crippen LogP contribution is -2.23. The minimum Gasteiger partial charge on any atom is -0.492 e. The van der Waals surface area contributed by atoms with Crippen LogP contribution in [0.4, 0.5) is 5.69 Å². The van der Waals surface area contributed by atoms with Crippen molar-refractivity contribution in [2.24, 2.45) is 0 Å². The number of rotatable bonds is 6. The molecule has 2 rings (SSSR count). The molecular formula is C12H15N3O3S2. The smallest absolute Gasteiger partial charge is 0.244 e. The molecule has 0 spiro atoms. The van der Waals surface area contributed by atoms with E-state index in [1.165, 1.54) is 17.4 Å². The van der Waals surface area contributed by atoms with Gasteiger partial charge in [0.2, 0.25) is 10.0 Å². The average molecular weight is 313 g/mol. The second kappa shape index (κ2) is 6.21. The van der Waals surface area contributed by atoms with Gasteiger partial charge in [-0.15, -0.1) is 11.3 Å². The number of thiazole rings is 1. The van der Waals surface area contributed by atoms with E-state index in [1.54, 1.807) is 30.8 Å². The SMILES string of the molecule is CCOc1ccc(N)cc1S(=O)(=O)NCc1cncs1. The van der Waals surface area contributed by atoms with Gasteiger partial charge in [-0.05, 0) is 25.1 Å². The van der Waals surface area contributed by atoms with E-state index in [1.807, 2.05) is 0 Å². The first kappa shape index (κ1) is 14.8. The van der Waals surface area contributed by atoms with Crippen LogP contribution in [0.3, 0.4) is 0 Å². The molecular weight excluding hydrogens is 298 g/mol. The van der Waals surface area contributed by atoms with Crippen molar-refractivity contribution in [3.8, 4) is 5.75 Å². The molecule has 0 aliphatic carbocycles. The lowest BCUT2D eigenvalue weighted by Gasteiger charge is -2.12. The first-order chi connectivity index (χ1) is 9.53. The van der Waals surface area contributed by atoms with Crippen LogP contribution in [0.25, 0.3) is 0 Å². The number of nitrogens with zero attached hydrogens (tertiary/aromatic N) is 1. The van der Waals surface area contributed by atoms with Crippen LogP contribution >= 0.6 is 11.3 Å². The molecule has 20 heavy (non-hydrogen) atoms. The highest BCUT2D eigenvalue weighted by atomic mass is 32.2. The van der Waals surface area contributed by atoms with E-state index in [0.29, 0.717) is 18.0 Å². The first-order valence-electron chi connectivity index (χ1n) is 5.92. The van der Waals surface area contributed by atoms with Gasteiger partial charge in [-0.2, -0.15) is 0 Å². The maximum Gasteiger partial charge on any atom is 0.244 e. The summed E-state index contributed by atoms with van der Waals surface area (Å²) < 4.78 is 32.5. The van der Waals surface area contributed by atoms with E-state index in [0.717, 1.165) is 4.88 Å². The maximum absolute atomic E-state index is 12.3. The molecule has 108 valence electrons. The summed E-state index contributed by atoms with van der Waals surface area (Å²) in [5, 5.41) is 0. The zero-order chi connectivity index (χ0) is 14.6. The number of ether oxygens (including phenoxy) is 1. The highest BCUT2D eigenvalue weighted by Crippen LogP contribution is 2.26. The molecule has 6 nitrogen and oxygen atoms in total. The molecule has 0 fully saturated rings. The lowest BCUT2D eigenvalue weighted by atomic mass is 10.3. The van der Waals surface area contributed by atoms with Gasteiger partial charge in [0.1, 0.15) is 10.6 Å². The molecule has 0 saturated heterocycles. The van der Waals surface area contributed by atoms with Crippen molar-refractivity contribution >= 4 is 27.0 Å². The second-order valence-corrected chi connectivity index (χ2v) is 6.64. The summed E-state index contributed by atoms with van der Waals surface area (Å²) in [6.07, 6.45) is 1.62. The third-order valence-corrected chi connectivity index (χ3v) is 4.68. The van der Waals surface area contributed by atoms with Gasteiger partial charge < -0.3 is 10.5 Å². The molecule has 0 aliphatic rings. The largest absolute Gasteiger partial charge is 0.492 e. The van der Waals surface area contributed by atoms with Crippen molar-refractivity contribution in [2.75, 3.05) is 12.3 Å². The molecule has 1 aromatic heterocycles. The first-order valence-corrected chi connectivity index (χ1v) is 8.28. The Labute approximate surface area is 121 Å². The number of nitrogens with two attached hydrogens (primary N) is 1. The molecule has 8 heteroatoms. The van der Waals surface area contributed by atoms with E-state index < -0.39 is 10.0 Å². The van der Waals surface area contributed by atoms with E-state index in [4.69, 9.17) is 10.5 Å². The lowest BCUT2D eigenvalue weighted by molar-refractivity contribution is 0.331. The van der Waals surface area contributed by atoms with Crippen molar-refractivity contribution < 1.29 is 13.2 Å². The predicted octanol–water partition coefficient (Wildman–Crippen LogP) is 1.60. The molecule has 2 aromatic rings. The Morgan fingerprint density at radius 1 is 1.45 bits per heavy atom. The monoisotopic (exact) mass is 313 g/mol. The third-order valence-electron chi connectivity index (χ3n) is 2.48. The fraction of sp³-hybridized carbons (Fsp3) is 0.250. The molecule has 1 heterocycles. The number of benzene rings is 1. The zero-order valence-electron chi connectivity index (χ0n) is 10.9.